The van der Waals surface area contributed by atoms with Crippen molar-refractivity contribution in [2.45, 2.75) is 39.8 Å². The van der Waals surface area contributed by atoms with Crippen molar-refractivity contribution in [1.82, 2.24) is 14.7 Å². The van der Waals surface area contributed by atoms with Crippen molar-refractivity contribution in [3.63, 3.8) is 0 Å². The van der Waals surface area contributed by atoms with Crippen molar-refractivity contribution in [3.8, 4) is 0 Å². The molecule has 120 valence electrons. The molecule has 2 rings (SSSR count). The second-order valence-electron chi connectivity index (χ2n) is 5.76. The first kappa shape index (κ1) is 16.3. The molecular weight excluding hydrogens is 282 g/mol. The number of aromatic nitrogens is 2. The normalized spacial score (nSPS) is 20.9. The lowest BCUT2D eigenvalue weighted by atomic mass is 9.82. The van der Waals surface area contributed by atoms with Crippen molar-refractivity contribution < 1.29 is 14.7 Å². The summed E-state index contributed by atoms with van der Waals surface area (Å²) in [7, 11) is 1.72. The molecule has 0 aromatic carbocycles. The highest BCUT2D eigenvalue weighted by molar-refractivity contribution is 5.85. The van der Waals surface area contributed by atoms with E-state index in [9.17, 15) is 14.7 Å². The largest absolute Gasteiger partial charge is 0.481 e. The minimum atomic E-state index is -0.897. The number of nitrogens with zero attached hydrogens (tertiary/aromatic N) is 3. The Bertz CT molecular complexity index is 591. The molecule has 1 amide bonds. The van der Waals surface area contributed by atoms with Crippen molar-refractivity contribution in [3.05, 3.63) is 29.6 Å². The molecule has 0 fully saturated rings. The molecule has 0 saturated carbocycles. The summed E-state index contributed by atoms with van der Waals surface area (Å²) in [6, 6.07) is 0. The third-order valence-electron chi connectivity index (χ3n) is 4.35. The van der Waals surface area contributed by atoms with Gasteiger partial charge in [0.1, 0.15) is 0 Å². The van der Waals surface area contributed by atoms with E-state index >= 15 is 0 Å². The summed E-state index contributed by atoms with van der Waals surface area (Å²) < 4.78 is 1.89. The molecule has 1 heterocycles. The number of carboxylic acid groups (broad SMARTS) is 1. The molecule has 1 aromatic rings. The third-order valence-corrected chi connectivity index (χ3v) is 4.35. The SMILES string of the molecule is CCn1ncc(CN(C)C(=O)C2CC=CCC2C(=O)O)c1C. The van der Waals surface area contributed by atoms with Crippen molar-refractivity contribution in [2.24, 2.45) is 11.8 Å². The van der Waals surface area contributed by atoms with E-state index in [1.54, 1.807) is 18.1 Å². The van der Waals surface area contributed by atoms with Crippen LogP contribution >= 0.6 is 0 Å². The standard InChI is InChI=1S/C16H23N3O3/c1-4-19-11(2)12(9-17-19)10-18(3)15(20)13-7-5-6-8-14(13)16(21)22/h5-6,9,13-14H,4,7-8,10H2,1-3H3,(H,21,22). The van der Waals surface area contributed by atoms with E-state index in [1.807, 2.05) is 30.7 Å². The van der Waals surface area contributed by atoms with Gasteiger partial charge in [-0.05, 0) is 26.7 Å². The van der Waals surface area contributed by atoms with Crippen LogP contribution in [0.4, 0.5) is 0 Å². The summed E-state index contributed by atoms with van der Waals surface area (Å²) in [6.45, 7) is 5.24. The highest BCUT2D eigenvalue weighted by Gasteiger charge is 2.35. The zero-order valence-corrected chi connectivity index (χ0v) is 13.3. The van der Waals surface area contributed by atoms with E-state index in [1.165, 1.54) is 0 Å². The summed E-state index contributed by atoms with van der Waals surface area (Å²) >= 11 is 0. The molecule has 2 atom stereocenters. The zero-order valence-electron chi connectivity index (χ0n) is 13.3. The van der Waals surface area contributed by atoms with Crippen molar-refractivity contribution in [1.29, 1.82) is 0 Å². The van der Waals surface area contributed by atoms with Gasteiger partial charge in [0.2, 0.25) is 5.91 Å². The zero-order chi connectivity index (χ0) is 16.3. The minimum Gasteiger partial charge on any atom is -0.481 e. The van der Waals surface area contributed by atoms with Crippen LogP contribution in [0.15, 0.2) is 18.3 Å². The molecule has 0 radical (unpaired) electrons. The Morgan fingerprint density at radius 1 is 1.36 bits per heavy atom. The van der Waals surface area contributed by atoms with E-state index < -0.39 is 17.8 Å². The Hall–Kier alpha value is -2.11. The van der Waals surface area contributed by atoms with E-state index in [0.29, 0.717) is 19.4 Å². The molecule has 1 aliphatic rings. The molecule has 1 N–H and O–H groups in total. The molecule has 1 aliphatic carbocycles. The van der Waals surface area contributed by atoms with Crippen LogP contribution < -0.4 is 0 Å². The maximum atomic E-state index is 12.6. The molecule has 0 saturated heterocycles. The number of rotatable bonds is 5. The van der Waals surface area contributed by atoms with Gasteiger partial charge in [-0.3, -0.25) is 14.3 Å². The van der Waals surface area contributed by atoms with E-state index in [4.69, 9.17) is 0 Å². The van der Waals surface area contributed by atoms with E-state index in [0.717, 1.165) is 17.8 Å². The third kappa shape index (κ3) is 3.21. The Kier molecular flexibility index (Phi) is 5.00. The van der Waals surface area contributed by atoms with Gasteiger partial charge >= 0.3 is 5.97 Å². The minimum absolute atomic E-state index is 0.111. The number of aryl methyl sites for hydroxylation is 1. The number of allylic oxidation sites excluding steroid dienone is 2. The summed E-state index contributed by atoms with van der Waals surface area (Å²) in [4.78, 5) is 25.5. The number of carbonyl (C=O) groups is 2. The summed E-state index contributed by atoms with van der Waals surface area (Å²) in [5.41, 5.74) is 2.04. The topological polar surface area (TPSA) is 75.4 Å². The number of amides is 1. The smallest absolute Gasteiger partial charge is 0.307 e. The predicted molar refractivity (Wildman–Crippen MR) is 82.1 cm³/mol. The molecule has 0 spiro atoms. The summed E-state index contributed by atoms with van der Waals surface area (Å²) in [6.07, 6.45) is 6.44. The van der Waals surface area contributed by atoms with E-state index in [-0.39, 0.29) is 5.91 Å². The van der Waals surface area contributed by atoms with Gasteiger partial charge in [-0.2, -0.15) is 5.10 Å². The van der Waals surface area contributed by atoms with Gasteiger partial charge in [0.25, 0.3) is 0 Å². The molecule has 0 bridgehead atoms. The fraction of sp³-hybridized carbons (Fsp3) is 0.562. The number of carboxylic acids is 1. The Morgan fingerprint density at radius 2 is 2.00 bits per heavy atom. The first-order chi connectivity index (χ1) is 10.5. The predicted octanol–water partition coefficient (Wildman–Crippen LogP) is 1.84. The van der Waals surface area contributed by atoms with Gasteiger partial charge in [0.15, 0.2) is 0 Å². The van der Waals surface area contributed by atoms with Gasteiger partial charge < -0.3 is 10.0 Å². The first-order valence-corrected chi connectivity index (χ1v) is 7.59. The van der Waals surface area contributed by atoms with Gasteiger partial charge in [0.05, 0.1) is 18.0 Å². The lowest BCUT2D eigenvalue weighted by molar-refractivity contribution is -0.150. The highest BCUT2D eigenvalue weighted by Crippen LogP contribution is 2.28. The molecule has 22 heavy (non-hydrogen) atoms. The summed E-state index contributed by atoms with van der Waals surface area (Å²) in [5, 5.41) is 13.6. The lowest BCUT2D eigenvalue weighted by Gasteiger charge is -2.28. The number of aliphatic carboxylic acids is 1. The second kappa shape index (κ2) is 6.77. The Morgan fingerprint density at radius 3 is 2.55 bits per heavy atom. The fourth-order valence-electron chi connectivity index (χ4n) is 2.94. The van der Waals surface area contributed by atoms with Crippen LogP contribution in [0.1, 0.15) is 31.0 Å². The van der Waals surface area contributed by atoms with Gasteiger partial charge in [0, 0.05) is 31.4 Å². The average molecular weight is 305 g/mol. The Labute approximate surface area is 130 Å². The number of hydrogen-bond acceptors (Lipinski definition) is 3. The van der Waals surface area contributed by atoms with E-state index in [2.05, 4.69) is 5.10 Å². The molecule has 0 aliphatic heterocycles. The fourth-order valence-corrected chi connectivity index (χ4v) is 2.94. The van der Waals surface area contributed by atoms with Crippen molar-refractivity contribution >= 4 is 11.9 Å². The van der Waals surface area contributed by atoms with Crippen LogP contribution in [-0.2, 0) is 22.7 Å². The van der Waals surface area contributed by atoms with Crippen LogP contribution in [0.5, 0.6) is 0 Å². The molecule has 2 unspecified atom stereocenters. The highest BCUT2D eigenvalue weighted by atomic mass is 16.4. The van der Waals surface area contributed by atoms with Crippen LogP contribution in [0.25, 0.3) is 0 Å². The van der Waals surface area contributed by atoms with Gasteiger partial charge in [-0.15, -0.1) is 0 Å². The lowest BCUT2D eigenvalue weighted by Crippen LogP contribution is -2.39. The monoisotopic (exact) mass is 305 g/mol. The second-order valence-corrected chi connectivity index (χ2v) is 5.76. The molecular formula is C16H23N3O3. The quantitative estimate of drug-likeness (QED) is 0.842. The maximum Gasteiger partial charge on any atom is 0.307 e. The van der Waals surface area contributed by atoms with Crippen LogP contribution in [-0.4, -0.2) is 38.7 Å². The van der Waals surface area contributed by atoms with Crippen LogP contribution in [0, 0.1) is 18.8 Å². The van der Waals surface area contributed by atoms with Crippen LogP contribution in [0.2, 0.25) is 0 Å². The Balaban J connectivity index is 2.09. The average Bonchev–Trinajstić information content (AvgIpc) is 2.86. The summed E-state index contributed by atoms with van der Waals surface area (Å²) in [5.74, 6) is -2.11. The molecule has 6 nitrogen and oxygen atoms in total. The van der Waals surface area contributed by atoms with Gasteiger partial charge in [-0.1, -0.05) is 12.2 Å². The number of hydrogen-bond donors (Lipinski definition) is 1. The molecule has 1 aromatic heterocycles. The number of carbonyl (C=O) groups excluding carboxylic acids is 1. The first-order valence-electron chi connectivity index (χ1n) is 7.59. The van der Waals surface area contributed by atoms with Crippen LogP contribution in [0.3, 0.4) is 0 Å². The van der Waals surface area contributed by atoms with Crippen molar-refractivity contribution in [2.75, 3.05) is 7.05 Å². The maximum absolute atomic E-state index is 12.6. The molecule has 6 heteroatoms. The van der Waals surface area contributed by atoms with Gasteiger partial charge in [-0.25, -0.2) is 0 Å².